The summed E-state index contributed by atoms with van der Waals surface area (Å²) in [5.41, 5.74) is 9.31. The van der Waals surface area contributed by atoms with Gasteiger partial charge in [0.1, 0.15) is 5.52 Å². The molecule has 21 heavy (non-hydrogen) atoms. The van der Waals surface area contributed by atoms with Crippen molar-refractivity contribution < 1.29 is 4.42 Å². The van der Waals surface area contributed by atoms with Crippen molar-refractivity contribution in [3.63, 3.8) is 0 Å². The predicted molar refractivity (Wildman–Crippen MR) is 82.7 cm³/mol. The van der Waals surface area contributed by atoms with Gasteiger partial charge in [0.25, 0.3) is 0 Å². The van der Waals surface area contributed by atoms with Crippen molar-refractivity contribution in [2.75, 3.05) is 19.3 Å². The van der Waals surface area contributed by atoms with Crippen molar-refractivity contribution in [1.82, 2.24) is 14.9 Å². The number of rotatable bonds is 5. The van der Waals surface area contributed by atoms with Crippen LogP contribution in [0.25, 0.3) is 11.1 Å². The van der Waals surface area contributed by atoms with Gasteiger partial charge in [0.15, 0.2) is 5.58 Å². The number of anilines is 1. The van der Waals surface area contributed by atoms with Gasteiger partial charge >= 0.3 is 0 Å². The summed E-state index contributed by atoms with van der Waals surface area (Å²) >= 11 is 0. The maximum absolute atomic E-state index is 5.89. The summed E-state index contributed by atoms with van der Waals surface area (Å²) < 4.78 is 5.73. The van der Waals surface area contributed by atoms with Crippen LogP contribution < -0.4 is 5.73 Å². The van der Waals surface area contributed by atoms with Crippen molar-refractivity contribution in [2.24, 2.45) is 0 Å². The van der Waals surface area contributed by atoms with E-state index in [1.807, 2.05) is 42.7 Å². The van der Waals surface area contributed by atoms with Gasteiger partial charge in [0.05, 0.1) is 12.2 Å². The number of benzene rings is 1. The Morgan fingerprint density at radius 2 is 2.00 bits per heavy atom. The molecule has 0 bridgehead atoms. The van der Waals surface area contributed by atoms with Crippen LogP contribution in [0.2, 0.25) is 0 Å². The van der Waals surface area contributed by atoms with E-state index in [0.29, 0.717) is 18.1 Å². The zero-order valence-corrected chi connectivity index (χ0v) is 12.0. The van der Waals surface area contributed by atoms with Crippen molar-refractivity contribution >= 4 is 16.8 Å². The minimum atomic E-state index is 0.655. The molecule has 3 aromatic rings. The molecule has 5 heteroatoms. The van der Waals surface area contributed by atoms with Crippen LogP contribution in [0, 0.1) is 0 Å². The molecule has 2 N–H and O–H groups in total. The molecule has 0 amide bonds. The van der Waals surface area contributed by atoms with Gasteiger partial charge in [0.2, 0.25) is 5.89 Å². The van der Waals surface area contributed by atoms with Crippen LogP contribution in [-0.4, -0.2) is 28.5 Å². The lowest BCUT2D eigenvalue weighted by Crippen LogP contribution is -2.20. The molecular formula is C16H18N4O. The fourth-order valence-corrected chi connectivity index (χ4v) is 2.26. The highest BCUT2D eigenvalue weighted by molar-refractivity contribution is 5.85. The number of hydrogen-bond acceptors (Lipinski definition) is 5. The van der Waals surface area contributed by atoms with Crippen LogP contribution >= 0.6 is 0 Å². The maximum Gasteiger partial charge on any atom is 0.209 e. The number of nitrogens with two attached hydrogens (primary N) is 1. The Morgan fingerprint density at radius 1 is 1.19 bits per heavy atom. The average Bonchev–Trinajstić information content (AvgIpc) is 2.90. The molecule has 0 saturated heterocycles. The van der Waals surface area contributed by atoms with Crippen molar-refractivity contribution in [3.8, 4) is 0 Å². The first-order valence-electron chi connectivity index (χ1n) is 6.94. The van der Waals surface area contributed by atoms with E-state index in [1.165, 1.54) is 5.56 Å². The maximum atomic E-state index is 5.89. The normalized spacial score (nSPS) is 11.3. The first-order valence-corrected chi connectivity index (χ1v) is 6.94. The van der Waals surface area contributed by atoms with Crippen molar-refractivity contribution in [3.05, 3.63) is 54.2 Å². The number of oxazole rings is 1. The Bertz CT molecular complexity index is 723. The van der Waals surface area contributed by atoms with Gasteiger partial charge in [-0.2, -0.15) is 0 Å². The largest absolute Gasteiger partial charge is 0.439 e. The average molecular weight is 282 g/mol. The van der Waals surface area contributed by atoms with Gasteiger partial charge in [-0.05, 0) is 43.3 Å². The van der Waals surface area contributed by atoms with Crippen LogP contribution in [0.15, 0.2) is 47.1 Å². The Labute approximate surface area is 123 Å². The summed E-state index contributed by atoms with van der Waals surface area (Å²) in [4.78, 5) is 10.7. The number of aromatic nitrogens is 2. The molecular weight excluding hydrogens is 264 g/mol. The van der Waals surface area contributed by atoms with Gasteiger partial charge in [-0.1, -0.05) is 6.07 Å². The lowest BCUT2D eigenvalue weighted by atomic mass is 10.2. The molecule has 0 aliphatic heterocycles. The summed E-state index contributed by atoms with van der Waals surface area (Å²) in [6, 6.07) is 9.67. The highest BCUT2D eigenvalue weighted by atomic mass is 16.3. The molecule has 2 heterocycles. The molecule has 2 aromatic heterocycles. The van der Waals surface area contributed by atoms with Crippen molar-refractivity contribution in [1.29, 1.82) is 0 Å². The highest BCUT2D eigenvalue weighted by Gasteiger charge is 2.10. The molecule has 0 atom stereocenters. The van der Waals surface area contributed by atoms with Crippen LogP contribution in [0.4, 0.5) is 5.69 Å². The SMILES string of the molecule is CN(CCc1ccncc1)Cc1nc2c(N)cccc2o1. The fraction of sp³-hybridized carbons (Fsp3) is 0.250. The number of pyridine rings is 1. The monoisotopic (exact) mass is 282 g/mol. The summed E-state index contributed by atoms with van der Waals surface area (Å²) in [5.74, 6) is 0.695. The highest BCUT2D eigenvalue weighted by Crippen LogP contribution is 2.21. The number of para-hydroxylation sites is 1. The molecule has 0 fully saturated rings. The fourth-order valence-electron chi connectivity index (χ4n) is 2.26. The molecule has 0 unspecified atom stereocenters. The van der Waals surface area contributed by atoms with E-state index < -0.39 is 0 Å². The van der Waals surface area contributed by atoms with E-state index >= 15 is 0 Å². The van der Waals surface area contributed by atoms with E-state index in [0.717, 1.165) is 24.1 Å². The standard InChI is InChI=1S/C16H18N4O/c1-20(10-7-12-5-8-18-9-6-12)11-15-19-16-13(17)3-2-4-14(16)21-15/h2-6,8-9H,7,10-11,17H2,1H3. The molecule has 1 aromatic carbocycles. The first-order chi connectivity index (χ1) is 10.2. The van der Waals surface area contributed by atoms with Gasteiger partial charge in [0, 0.05) is 18.9 Å². The molecule has 0 aliphatic rings. The Balaban J connectivity index is 1.63. The van der Waals surface area contributed by atoms with Gasteiger partial charge in [-0.25, -0.2) is 4.98 Å². The van der Waals surface area contributed by atoms with Crippen LogP contribution in [0.3, 0.4) is 0 Å². The van der Waals surface area contributed by atoms with E-state index in [4.69, 9.17) is 10.2 Å². The number of fused-ring (bicyclic) bond motifs is 1. The predicted octanol–water partition coefficient (Wildman–Crippen LogP) is 2.48. The lowest BCUT2D eigenvalue weighted by Gasteiger charge is -2.14. The smallest absolute Gasteiger partial charge is 0.209 e. The molecule has 0 aliphatic carbocycles. The zero-order valence-electron chi connectivity index (χ0n) is 12.0. The topological polar surface area (TPSA) is 68.2 Å². The second-order valence-electron chi connectivity index (χ2n) is 5.14. The Hall–Kier alpha value is -2.40. The van der Waals surface area contributed by atoms with Crippen molar-refractivity contribution in [2.45, 2.75) is 13.0 Å². The molecule has 0 radical (unpaired) electrons. The first kappa shape index (κ1) is 13.6. The number of nitrogen functional groups attached to an aromatic ring is 1. The summed E-state index contributed by atoms with van der Waals surface area (Å²) in [6.07, 6.45) is 4.61. The van der Waals surface area contributed by atoms with E-state index in [1.54, 1.807) is 0 Å². The Morgan fingerprint density at radius 3 is 2.76 bits per heavy atom. The van der Waals surface area contributed by atoms with E-state index in [9.17, 15) is 0 Å². The van der Waals surface area contributed by atoms with Gasteiger partial charge < -0.3 is 10.2 Å². The van der Waals surface area contributed by atoms with Crippen LogP contribution in [-0.2, 0) is 13.0 Å². The molecule has 0 spiro atoms. The second-order valence-corrected chi connectivity index (χ2v) is 5.14. The number of likely N-dealkylation sites (N-methyl/N-ethyl adjacent to an activating group) is 1. The summed E-state index contributed by atoms with van der Waals surface area (Å²) in [6.45, 7) is 1.59. The van der Waals surface area contributed by atoms with Crippen LogP contribution in [0.5, 0.6) is 0 Å². The Kier molecular flexibility index (Phi) is 3.83. The minimum Gasteiger partial charge on any atom is -0.439 e. The molecule has 108 valence electrons. The van der Waals surface area contributed by atoms with Gasteiger partial charge in [-0.15, -0.1) is 0 Å². The number of nitrogens with zero attached hydrogens (tertiary/aromatic N) is 3. The van der Waals surface area contributed by atoms with Crippen LogP contribution in [0.1, 0.15) is 11.5 Å². The summed E-state index contributed by atoms with van der Waals surface area (Å²) in [5, 5.41) is 0. The third-order valence-electron chi connectivity index (χ3n) is 3.43. The quantitative estimate of drug-likeness (QED) is 0.728. The molecule has 5 nitrogen and oxygen atoms in total. The molecule has 0 saturated carbocycles. The zero-order chi connectivity index (χ0) is 14.7. The summed E-state index contributed by atoms with van der Waals surface area (Å²) in [7, 11) is 2.05. The third-order valence-corrected chi connectivity index (χ3v) is 3.43. The second kappa shape index (κ2) is 5.93. The van der Waals surface area contributed by atoms with E-state index in [-0.39, 0.29) is 0 Å². The molecule has 3 rings (SSSR count). The van der Waals surface area contributed by atoms with Gasteiger partial charge in [-0.3, -0.25) is 9.88 Å². The minimum absolute atomic E-state index is 0.655. The lowest BCUT2D eigenvalue weighted by molar-refractivity contribution is 0.296. The van der Waals surface area contributed by atoms with E-state index in [2.05, 4.69) is 21.9 Å². The third kappa shape index (κ3) is 3.20. The number of hydrogen-bond donors (Lipinski definition) is 1.